The first kappa shape index (κ1) is 15.0. The van der Waals surface area contributed by atoms with Crippen LogP contribution in [-0.4, -0.2) is 27.3 Å². The Labute approximate surface area is 147 Å². The van der Waals surface area contributed by atoms with Gasteiger partial charge >= 0.3 is 0 Å². The molecule has 1 amide bonds. The van der Waals surface area contributed by atoms with Crippen LogP contribution < -0.4 is 0 Å². The van der Waals surface area contributed by atoms with E-state index >= 15 is 0 Å². The molecule has 1 fully saturated rings. The van der Waals surface area contributed by atoms with Crippen molar-refractivity contribution in [3.05, 3.63) is 50.4 Å². The summed E-state index contributed by atoms with van der Waals surface area (Å²) in [5.74, 6) is 0.746. The molecule has 0 bridgehead atoms. The molecule has 0 radical (unpaired) electrons. The van der Waals surface area contributed by atoms with Crippen molar-refractivity contribution in [2.45, 2.75) is 18.9 Å². The highest BCUT2D eigenvalue weighted by molar-refractivity contribution is 7.20. The molecular formula is C16H13Cl2N3OS. The number of thiophene rings is 1. The van der Waals surface area contributed by atoms with Crippen LogP contribution >= 0.6 is 34.5 Å². The van der Waals surface area contributed by atoms with Crippen LogP contribution in [0.1, 0.15) is 35.1 Å². The largest absolute Gasteiger partial charge is 0.340 e. The SMILES string of the molecule is O=C(c1cc(Cl)sc1Cl)N1CCCC1c1nc2ccccc2[nH]1. The third-order valence-corrected chi connectivity index (χ3v) is 5.61. The third-order valence-electron chi connectivity index (χ3n) is 4.12. The highest BCUT2D eigenvalue weighted by Crippen LogP contribution is 2.37. The lowest BCUT2D eigenvalue weighted by Gasteiger charge is -2.22. The first-order valence-electron chi connectivity index (χ1n) is 7.34. The second kappa shape index (κ2) is 5.82. The summed E-state index contributed by atoms with van der Waals surface area (Å²) in [6.07, 6.45) is 1.84. The predicted octanol–water partition coefficient (Wildman–Crippen LogP) is 4.91. The predicted molar refractivity (Wildman–Crippen MR) is 93.4 cm³/mol. The molecule has 0 spiro atoms. The summed E-state index contributed by atoms with van der Waals surface area (Å²) in [6, 6.07) is 9.47. The third kappa shape index (κ3) is 2.63. The Bertz CT molecular complexity index is 855. The number of benzene rings is 1. The summed E-state index contributed by atoms with van der Waals surface area (Å²) in [4.78, 5) is 22.6. The highest BCUT2D eigenvalue weighted by Gasteiger charge is 2.34. The Balaban J connectivity index is 1.68. The minimum absolute atomic E-state index is 0.0513. The minimum Gasteiger partial charge on any atom is -0.340 e. The maximum atomic E-state index is 12.8. The molecule has 0 aliphatic carbocycles. The van der Waals surface area contributed by atoms with Gasteiger partial charge in [0, 0.05) is 6.54 Å². The Morgan fingerprint density at radius 1 is 1.35 bits per heavy atom. The van der Waals surface area contributed by atoms with E-state index in [9.17, 15) is 4.79 Å². The number of imidazole rings is 1. The van der Waals surface area contributed by atoms with Crippen LogP contribution in [-0.2, 0) is 0 Å². The molecule has 3 heterocycles. The number of hydrogen-bond donors (Lipinski definition) is 1. The molecule has 23 heavy (non-hydrogen) atoms. The van der Waals surface area contributed by atoms with E-state index in [1.54, 1.807) is 6.07 Å². The van der Waals surface area contributed by atoms with Crippen molar-refractivity contribution in [1.82, 2.24) is 14.9 Å². The molecule has 1 aromatic carbocycles. The fourth-order valence-corrected chi connectivity index (χ4v) is 4.51. The molecule has 4 nitrogen and oxygen atoms in total. The smallest absolute Gasteiger partial charge is 0.256 e. The van der Waals surface area contributed by atoms with Crippen molar-refractivity contribution < 1.29 is 4.79 Å². The molecule has 1 unspecified atom stereocenters. The zero-order valence-corrected chi connectivity index (χ0v) is 14.4. The quantitative estimate of drug-likeness (QED) is 0.701. The van der Waals surface area contributed by atoms with E-state index in [2.05, 4.69) is 9.97 Å². The zero-order valence-electron chi connectivity index (χ0n) is 12.1. The maximum absolute atomic E-state index is 12.8. The molecule has 118 valence electrons. The molecular weight excluding hydrogens is 353 g/mol. The fraction of sp³-hybridized carbons (Fsp3) is 0.250. The Morgan fingerprint density at radius 3 is 2.91 bits per heavy atom. The first-order chi connectivity index (χ1) is 11.1. The molecule has 1 saturated heterocycles. The molecule has 0 saturated carbocycles. The fourth-order valence-electron chi connectivity index (χ4n) is 3.07. The van der Waals surface area contributed by atoms with E-state index in [0.717, 1.165) is 29.7 Å². The van der Waals surface area contributed by atoms with Gasteiger partial charge in [0.25, 0.3) is 5.91 Å². The van der Waals surface area contributed by atoms with Crippen molar-refractivity contribution >= 4 is 51.5 Å². The van der Waals surface area contributed by atoms with Crippen molar-refractivity contribution in [3.8, 4) is 0 Å². The summed E-state index contributed by atoms with van der Waals surface area (Å²) in [6.45, 7) is 0.699. The second-order valence-electron chi connectivity index (χ2n) is 5.53. The number of H-pyrrole nitrogens is 1. The van der Waals surface area contributed by atoms with Gasteiger partial charge in [0.15, 0.2) is 0 Å². The number of nitrogens with zero attached hydrogens (tertiary/aromatic N) is 2. The van der Waals surface area contributed by atoms with Crippen molar-refractivity contribution in [3.63, 3.8) is 0 Å². The molecule has 1 aliphatic heterocycles. The van der Waals surface area contributed by atoms with Gasteiger partial charge < -0.3 is 9.88 Å². The van der Waals surface area contributed by atoms with Gasteiger partial charge in [-0.15, -0.1) is 11.3 Å². The number of fused-ring (bicyclic) bond motifs is 1. The molecule has 3 aromatic rings. The summed E-state index contributed by atoms with van der Waals surface area (Å²) >= 11 is 13.3. The van der Waals surface area contributed by atoms with E-state index in [0.29, 0.717) is 20.8 Å². The molecule has 1 aliphatic rings. The minimum atomic E-state index is -0.0823. The Hall–Kier alpha value is -1.56. The van der Waals surface area contributed by atoms with Gasteiger partial charge in [0.1, 0.15) is 10.2 Å². The van der Waals surface area contributed by atoms with Gasteiger partial charge in [0.2, 0.25) is 0 Å². The average Bonchev–Trinajstić information content (AvgIpc) is 3.23. The van der Waals surface area contributed by atoms with Crippen LogP contribution in [0.25, 0.3) is 11.0 Å². The first-order valence-corrected chi connectivity index (χ1v) is 8.91. The standard InChI is InChI=1S/C16H13Cl2N3OS/c17-13-8-9(14(18)23-13)16(22)21-7-3-6-12(21)15-19-10-4-1-2-5-11(10)20-15/h1-2,4-5,8,12H,3,6-7H2,(H,19,20). The lowest BCUT2D eigenvalue weighted by atomic mass is 10.2. The van der Waals surface area contributed by atoms with Gasteiger partial charge in [-0.05, 0) is 31.0 Å². The van der Waals surface area contributed by atoms with E-state index in [-0.39, 0.29) is 11.9 Å². The highest BCUT2D eigenvalue weighted by atomic mass is 35.5. The van der Waals surface area contributed by atoms with Crippen molar-refractivity contribution in [1.29, 1.82) is 0 Å². The summed E-state index contributed by atoms with van der Waals surface area (Å²) in [5.41, 5.74) is 2.38. The Kier molecular flexibility index (Phi) is 3.79. The van der Waals surface area contributed by atoms with Crippen LogP contribution in [0.4, 0.5) is 0 Å². The Morgan fingerprint density at radius 2 is 2.17 bits per heavy atom. The van der Waals surface area contributed by atoms with Gasteiger partial charge in [-0.2, -0.15) is 0 Å². The van der Waals surface area contributed by atoms with Crippen LogP contribution in [0.2, 0.25) is 8.67 Å². The van der Waals surface area contributed by atoms with Gasteiger partial charge in [-0.1, -0.05) is 35.3 Å². The summed E-state index contributed by atoms with van der Waals surface area (Å²) in [5, 5.41) is 0. The van der Waals surface area contributed by atoms with E-state index in [4.69, 9.17) is 23.2 Å². The number of aromatic amines is 1. The normalized spacial score (nSPS) is 18.0. The number of hydrogen-bond acceptors (Lipinski definition) is 3. The van der Waals surface area contributed by atoms with Crippen molar-refractivity contribution in [2.75, 3.05) is 6.54 Å². The molecule has 2 aromatic heterocycles. The number of para-hydroxylation sites is 2. The van der Waals surface area contributed by atoms with Crippen molar-refractivity contribution in [2.24, 2.45) is 0 Å². The second-order valence-corrected chi connectivity index (χ2v) is 7.82. The lowest BCUT2D eigenvalue weighted by Crippen LogP contribution is -2.31. The van der Waals surface area contributed by atoms with Gasteiger partial charge in [-0.25, -0.2) is 4.98 Å². The number of amides is 1. The number of aromatic nitrogens is 2. The number of likely N-dealkylation sites (tertiary alicyclic amines) is 1. The van der Waals surface area contributed by atoms with Gasteiger partial charge in [-0.3, -0.25) is 4.79 Å². The van der Waals surface area contributed by atoms with Crippen LogP contribution in [0, 0.1) is 0 Å². The topological polar surface area (TPSA) is 49.0 Å². The van der Waals surface area contributed by atoms with E-state index in [1.165, 1.54) is 11.3 Å². The number of carbonyl (C=O) groups is 1. The molecule has 1 atom stereocenters. The lowest BCUT2D eigenvalue weighted by molar-refractivity contribution is 0.0731. The van der Waals surface area contributed by atoms with Crippen LogP contribution in [0.3, 0.4) is 0 Å². The number of halogens is 2. The molecule has 1 N–H and O–H groups in total. The molecule has 7 heteroatoms. The van der Waals surface area contributed by atoms with Gasteiger partial charge in [0.05, 0.1) is 27.0 Å². The van der Waals surface area contributed by atoms with E-state index in [1.807, 2.05) is 29.2 Å². The average molecular weight is 366 g/mol. The number of rotatable bonds is 2. The van der Waals surface area contributed by atoms with E-state index < -0.39 is 0 Å². The summed E-state index contributed by atoms with van der Waals surface area (Å²) in [7, 11) is 0. The monoisotopic (exact) mass is 365 g/mol. The summed E-state index contributed by atoms with van der Waals surface area (Å²) < 4.78 is 0.966. The zero-order chi connectivity index (χ0) is 16.0. The van der Waals surface area contributed by atoms with Crippen LogP contribution in [0.5, 0.6) is 0 Å². The maximum Gasteiger partial charge on any atom is 0.256 e. The number of carbonyl (C=O) groups excluding carboxylic acids is 1. The van der Waals surface area contributed by atoms with Crippen LogP contribution in [0.15, 0.2) is 30.3 Å². The molecule has 4 rings (SSSR count). The number of nitrogens with one attached hydrogen (secondary N) is 1.